The average molecular weight is 439 g/mol. The van der Waals surface area contributed by atoms with Crippen LogP contribution in [0, 0.1) is 12.8 Å². The van der Waals surface area contributed by atoms with E-state index in [-0.39, 0.29) is 17.4 Å². The fourth-order valence-corrected chi connectivity index (χ4v) is 4.31. The Labute approximate surface area is 186 Å². The zero-order valence-corrected chi connectivity index (χ0v) is 19.0. The highest BCUT2D eigenvalue weighted by molar-refractivity contribution is 5.97. The van der Waals surface area contributed by atoms with E-state index in [1.807, 2.05) is 39.0 Å². The summed E-state index contributed by atoms with van der Waals surface area (Å²) in [4.78, 5) is 30.7. The minimum atomic E-state index is -0.424. The molecule has 1 unspecified atom stereocenters. The van der Waals surface area contributed by atoms with E-state index in [0.29, 0.717) is 28.6 Å². The van der Waals surface area contributed by atoms with Gasteiger partial charge in [-0.25, -0.2) is 9.50 Å². The molecule has 1 aliphatic heterocycles. The molecule has 0 bridgehead atoms. The third-order valence-corrected chi connectivity index (χ3v) is 6.08. The zero-order valence-electron chi connectivity index (χ0n) is 19.0. The van der Waals surface area contributed by atoms with Gasteiger partial charge in [0.2, 0.25) is 0 Å². The Bertz CT molecular complexity index is 1170. The Hall–Kier alpha value is -3.13. The second-order valence-corrected chi connectivity index (χ2v) is 8.66. The van der Waals surface area contributed by atoms with Crippen molar-refractivity contribution in [3.05, 3.63) is 63.2 Å². The Morgan fingerprint density at radius 1 is 1.28 bits per heavy atom. The summed E-state index contributed by atoms with van der Waals surface area (Å²) in [7, 11) is 1.55. The van der Waals surface area contributed by atoms with Crippen molar-refractivity contribution in [2.75, 3.05) is 20.3 Å². The maximum atomic E-state index is 13.1. The number of para-hydroxylation sites is 1. The number of amides is 1. The number of nitrogens with one attached hydrogen (secondary N) is 2. The van der Waals surface area contributed by atoms with Gasteiger partial charge in [-0.15, -0.1) is 0 Å². The molecule has 8 nitrogen and oxygen atoms in total. The van der Waals surface area contributed by atoms with E-state index in [4.69, 9.17) is 14.5 Å². The molecule has 32 heavy (non-hydrogen) atoms. The van der Waals surface area contributed by atoms with Crippen molar-refractivity contribution in [3.63, 3.8) is 0 Å². The molecule has 1 aliphatic rings. The van der Waals surface area contributed by atoms with Gasteiger partial charge in [0.05, 0.1) is 24.4 Å². The highest BCUT2D eigenvalue weighted by atomic mass is 16.5. The second kappa shape index (κ2) is 9.16. The van der Waals surface area contributed by atoms with Crippen molar-refractivity contribution in [1.29, 1.82) is 0 Å². The van der Waals surface area contributed by atoms with Crippen molar-refractivity contribution in [2.45, 2.75) is 45.6 Å². The molecule has 3 heterocycles. The summed E-state index contributed by atoms with van der Waals surface area (Å²) in [5.41, 5.74) is 3.23. The molecule has 0 saturated carbocycles. The van der Waals surface area contributed by atoms with Gasteiger partial charge in [0.1, 0.15) is 5.75 Å². The number of ether oxygens (including phenoxy) is 2. The number of hydrogen-bond donors (Lipinski definition) is 2. The number of carbonyl (C=O) groups excluding carboxylic acids is 1. The van der Waals surface area contributed by atoms with E-state index in [2.05, 4.69) is 10.4 Å². The van der Waals surface area contributed by atoms with Gasteiger partial charge in [0.15, 0.2) is 5.65 Å². The monoisotopic (exact) mass is 438 g/mol. The van der Waals surface area contributed by atoms with Gasteiger partial charge in [0.25, 0.3) is 11.5 Å². The summed E-state index contributed by atoms with van der Waals surface area (Å²) in [5.74, 6) is 0.631. The number of benzene rings is 1. The van der Waals surface area contributed by atoms with Crippen molar-refractivity contribution in [2.24, 2.45) is 5.92 Å². The van der Waals surface area contributed by atoms with Crippen molar-refractivity contribution in [1.82, 2.24) is 19.9 Å². The number of aromatic nitrogens is 3. The lowest BCUT2D eigenvalue weighted by Crippen LogP contribution is -2.34. The Kier molecular flexibility index (Phi) is 6.32. The average Bonchev–Trinajstić information content (AvgIpc) is 3.22. The molecular weight excluding hydrogens is 408 g/mol. The predicted octanol–water partition coefficient (Wildman–Crippen LogP) is 3.36. The minimum Gasteiger partial charge on any atom is -0.496 e. The fraction of sp³-hybridized carbons (Fsp3) is 0.458. The van der Waals surface area contributed by atoms with Gasteiger partial charge >= 0.3 is 0 Å². The lowest BCUT2D eigenvalue weighted by atomic mass is 9.97. The minimum absolute atomic E-state index is 0.0259. The lowest BCUT2D eigenvalue weighted by Gasteiger charge is -2.22. The number of carbonyl (C=O) groups is 1. The summed E-state index contributed by atoms with van der Waals surface area (Å²) in [6.07, 6.45) is 1.83. The third-order valence-electron chi connectivity index (χ3n) is 6.08. The molecular formula is C24H30N4O4. The smallest absolute Gasteiger partial charge is 0.272 e. The lowest BCUT2D eigenvalue weighted by molar-refractivity contribution is 0.0844. The highest BCUT2D eigenvalue weighted by Crippen LogP contribution is 2.28. The van der Waals surface area contributed by atoms with Crippen LogP contribution in [0.15, 0.2) is 35.1 Å². The van der Waals surface area contributed by atoms with E-state index >= 15 is 0 Å². The van der Waals surface area contributed by atoms with Crippen LogP contribution in [0.5, 0.6) is 5.75 Å². The number of aryl methyl sites for hydroxylation is 1. The summed E-state index contributed by atoms with van der Waals surface area (Å²) in [6, 6.07) is 8.46. The Morgan fingerprint density at radius 3 is 2.72 bits per heavy atom. The standard InChI is InChI=1S/C24H30N4O4/c1-14(2)22(26-24(30)17-7-5-6-15(3)23(17)31-4)19-13-21(29)28-20(25-19)12-18(27-28)16-8-10-32-11-9-16/h5-7,12-14,16,22,27H,8-11H2,1-4H3,(H,26,30). The van der Waals surface area contributed by atoms with Crippen LogP contribution in [-0.2, 0) is 4.74 Å². The number of H-pyrrole nitrogens is 1. The van der Waals surface area contributed by atoms with E-state index in [1.165, 1.54) is 10.6 Å². The molecule has 2 aromatic heterocycles. The van der Waals surface area contributed by atoms with E-state index < -0.39 is 6.04 Å². The number of hydrogen-bond acceptors (Lipinski definition) is 5. The topological polar surface area (TPSA) is 97.7 Å². The number of rotatable bonds is 6. The van der Waals surface area contributed by atoms with E-state index in [1.54, 1.807) is 13.2 Å². The van der Waals surface area contributed by atoms with Crippen LogP contribution in [0.3, 0.4) is 0 Å². The van der Waals surface area contributed by atoms with E-state index in [9.17, 15) is 9.59 Å². The summed E-state index contributed by atoms with van der Waals surface area (Å²) in [5, 5.41) is 6.26. The SMILES string of the molecule is COc1c(C)cccc1C(=O)NC(c1cc(=O)n2[nH]c(C3CCOCC3)cc2n1)C(C)C. The molecule has 1 aromatic carbocycles. The Morgan fingerprint density at radius 2 is 2.03 bits per heavy atom. The van der Waals surface area contributed by atoms with Gasteiger partial charge in [-0.1, -0.05) is 26.0 Å². The first kappa shape index (κ1) is 22.1. The van der Waals surface area contributed by atoms with Crippen molar-refractivity contribution < 1.29 is 14.3 Å². The van der Waals surface area contributed by atoms with Gasteiger partial charge in [-0.05, 0) is 37.3 Å². The van der Waals surface area contributed by atoms with E-state index in [0.717, 1.165) is 37.3 Å². The van der Waals surface area contributed by atoms with Crippen LogP contribution in [-0.4, -0.2) is 40.8 Å². The van der Waals surface area contributed by atoms with Gasteiger partial charge < -0.3 is 14.8 Å². The van der Waals surface area contributed by atoms with Crippen molar-refractivity contribution >= 4 is 11.6 Å². The molecule has 1 atom stereocenters. The molecule has 4 rings (SSSR count). The largest absolute Gasteiger partial charge is 0.496 e. The molecule has 3 aromatic rings. The van der Waals surface area contributed by atoms with Crippen molar-refractivity contribution in [3.8, 4) is 5.75 Å². The highest BCUT2D eigenvalue weighted by Gasteiger charge is 2.25. The first-order chi connectivity index (χ1) is 15.4. The number of aromatic amines is 1. The van der Waals surface area contributed by atoms with Crippen LogP contribution in [0.2, 0.25) is 0 Å². The van der Waals surface area contributed by atoms with Gasteiger partial charge in [0, 0.05) is 37.0 Å². The molecule has 0 spiro atoms. The van der Waals surface area contributed by atoms with Crippen LogP contribution >= 0.6 is 0 Å². The summed E-state index contributed by atoms with van der Waals surface area (Å²) in [6.45, 7) is 7.32. The van der Waals surface area contributed by atoms with Crippen LogP contribution < -0.4 is 15.6 Å². The zero-order chi connectivity index (χ0) is 22.8. The number of methoxy groups -OCH3 is 1. The second-order valence-electron chi connectivity index (χ2n) is 8.66. The molecule has 2 N–H and O–H groups in total. The quantitative estimate of drug-likeness (QED) is 0.615. The normalized spacial score (nSPS) is 15.8. The number of fused-ring (bicyclic) bond motifs is 1. The third kappa shape index (κ3) is 4.27. The van der Waals surface area contributed by atoms with Crippen LogP contribution in [0.4, 0.5) is 0 Å². The molecule has 170 valence electrons. The van der Waals surface area contributed by atoms with Crippen LogP contribution in [0.25, 0.3) is 5.65 Å². The maximum Gasteiger partial charge on any atom is 0.272 e. The van der Waals surface area contributed by atoms with Gasteiger partial charge in [-0.2, -0.15) is 0 Å². The first-order valence-corrected chi connectivity index (χ1v) is 11.0. The molecule has 0 radical (unpaired) electrons. The first-order valence-electron chi connectivity index (χ1n) is 11.0. The predicted molar refractivity (Wildman–Crippen MR) is 121 cm³/mol. The maximum absolute atomic E-state index is 13.1. The summed E-state index contributed by atoms with van der Waals surface area (Å²) < 4.78 is 12.4. The van der Waals surface area contributed by atoms with Gasteiger partial charge in [-0.3, -0.25) is 14.7 Å². The molecule has 1 fully saturated rings. The molecule has 0 aliphatic carbocycles. The fourth-order valence-electron chi connectivity index (χ4n) is 4.31. The Balaban J connectivity index is 1.66. The number of nitrogens with zero attached hydrogens (tertiary/aromatic N) is 2. The van der Waals surface area contributed by atoms with Crippen LogP contribution in [0.1, 0.15) is 66.0 Å². The molecule has 8 heteroatoms. The summed E-state index contributed by atoms with van der Waals surface area (Å²) >= 11 is 0. The molecule has 1 amide bonds. The molecule has 1 saturated heterocycles.